The molecule has 24 heavy (non-hydrogen) atoms. The number of methoxy groups -OCH3 is 1. The van der Waals surface area contributed by atoms with Crippen molar-refractivity contribution in [3.63, 3.8) is 0 Å². The number of rotatable bonds is 6. The Labute approximate surface area is 137 Å². The van der Waals surface area contributed by atoms with Crippen LogP contribution in [0.25, 0.3) is 11.4 Å². The molecule has 0 fully saturated rings. The van der Waals surface area contributed by atoms with E-state index in [9.17, 15) is 10.1 Å². The average molecular weight is 329 g/mol. The maximum absolute atomic E-state index is 10.7. The van der Waals surface area contributed by atoms with Crippen LogP contribution < -0.4 is 4.74 Å². The van der Waals surface area contributed by atoms with Crippen LogP contribution in [0.4, 0.5) is 5.82 Å². The van der Waals surface area contributed by atoms with Crippen LogP contribution in [-0.4, -0.2) is 31.7 Å². The van der Waals surface area contributed by atoms with E-state index in [1.54, 1.807) is 18.6 Å². The van der Waals surface area contributed by atoms with Crippen LogP contribution in [0, 0.1) is 17.0 Å². The van der Waals surface area contributed by atoms with Crippen LogP contribution in [0.3, 0.4) is 0 Å². The maximum Gasteiger partial charge on any atom is 0.381 e. The van der Waals surface area contributed by atoms with Crippen LogP contribution in [0.15, 0.2) is 35.0 Å². The van der Waals surface area contributed by atoms with Gasteiger partial charge in [0.2, 0.25) is 17.5 Å². The first-order valence-electron chi connectivity index (χ1n) is 7.22. The predicted molar refractivity (Wildman–Crippen MR) is 83.6 cm³/mol. The van der Waals surface area contributed by atoms with Crippen molar-refractivity contribution in [3.8, 4) is 17.1 Å². The normalized spacial score (nSPS) is 10.8. The highest BCUT2D eigenvalue weighted by Crippen LogP contribution is 2.20. The number of nitro groups is 1. The van der Waals surface area contributed by atoms with E-state index in [1.165, 1.54) is 6.20 Å². The molecule has 2 aromatic heterocycles. The summed E-state index contributed by atoms with van der Waals surface area (Å²) < 4.78 is 12.0. The van der Waals surface area contributed by atoms with Crippen molar-refractivity contribution >= 4 is 5.82 Å². The fraction of sp³-hybridized carbons (Fsp3) is 0.267. The second-order valence-electron chi connectivity index (χ2n) is 5.09. The molecule has 0 saturated heterocycles. The fourth-order valence-electron chi connectivity index (χ4n) is 2.24. The van der Waals surface area contributed by atoms with E-state index >= 15 is 0 Å². The van der Waals surface area contributed by atoms with E-state index in [-0.39, 0.29) is 5.82 Å². The van der Waals surface area contributed by atoms with Crippen molar-refractivity contribution in [1.29, 1.82) is 0 Å². The Kier molecular flexibility index (Phi) is 4.23. The van der Waals surface area contributed by atoms with Crippen LogP contribution in [0.5, 0.6) is 5.75 Å². The highest BCUT2D eigenvalue weighted by atomic mass is 16.6. The Morgan fingerprint density at radius 1 is 1.29 bits per heavy atom. The Hall–Kier alpha value is -3.23. The number of benzene rings is 1. The summed E-state index contributed by atoms with van der Waals surface area (Å²) in [6.45, 7) is 2.18. The lowest BCUT2D eigenvalue weighted by atomic mass is 10.2. The van der Waals surface area contributed by atoms with Gasteiger partial charge in [-0.3, -0.25) is 0 Å². The van der Waals surface area contributed by atoms with E-state index < -0.39 is 4.92 Å². The summed E-state index contributed by atoms with van der Waals surface area (Å²) in [6, 6.07) is 7.33. The molecule has 0 radical (unpaired) electrons. The molecule has 0 spiro atoms. The van der Waals surface area contributed by atoms with Crippen molar-refractivity contribution < 1.29 is 14.2 Å². The first-order valence-corrected chi connectivity index (χ1v) is 7.22. The van der Waals surface area contributed by atoms with Gasteiger partial charge in [0.05, 0.1) is 7.11 Å². The first kappa shape index (κ1) is 15.7. The molecular formula is C15H15N5O4. The number of nitrogens with zero attached hydrogens (tertiary/aromatic N) is 5. The molecule has 0 N–H and O–H groups in total. The smallest absolute Gasteiger partial charge is 0.381 e. The molecule has 124 valence electrons. The lowest BCUT2D eigenvalue weighted by Crippen LogP contribution is -2.02. The molecule has 3 aromatic rings. The second-order valence-corrected chi connectivity index (χ2v) is 5.09. The minimum absolute atomic E-state index is 0.169. The van der Waals surface area contributed by atoms with E-state index in [0.29, 0.717) is 30.5 Å². The molecule has 2 heterocycles. The SMILES string of the molecule is COc1ccc(-c2noc(CCn3cc([N+](=O)[O-])nc3C)n2)cc1. The van der Waals surface area contributed by atoms with Crippen molar-refractivity contribution in [1.82, 2.24) is 19.7 Å². The zero-order chi connectivity index (χ0) is 17.1. The Balaban J connectivity index is 1.68. The fourth-order valence-corrected chi connectivity index (χ4v) is 2.24. The van der Waals surface area contributed by atoms with Gasteiger partial charge in [0.1, 0.15) is 11.9 Å². The molecule has 0 bridgehead atoms. The third-order valence-electron chi connectivity index (χ3n) is 3.53. The van der Waals surface area contributed by atoms with Gasteiger partial charge in [0.15, 0.2) is 0 Å². The zero-order valence-electron chi connectivity index (χ0n) is 13.2. The highest BCUT2D eigenvalue weighted by Gasteiger charge is 2.16. The molecule has 3 rings (SSSR count). The number of aromatic nitrogens is 4. The molecule has 9 nitrogen and oxygen atoms in total. The summed E-state index contributed by atoms with van der Waals surface area (Å²) in [6.07, 6.45) is 1.85. The highest BCUT2D eigenvalue weighted by molar-refractivity contribution is 5.55. The zero-order valence-corrected chi connectivity index (χ0v) is 13.2. The van der Waals surface area contributed by atoms with Crippen LogP contribution in [0.1, 0.15) is 11.7 Å². The lowest BCUT2D eigenvalue weighted by molar-refractivity contribution is -0.389. The second kappa shape index (κ2) is 6.49. The number of imidazole rings is 1. The van der Waals surface area contributed by atoms with Gasteiger partial charge in [-0.05, 0) is 34.2 Å². The van der Waals surface area contributed by atoms with Gasteiger partial charge in [0, 0.05) is 25.5 Å². The monoisotopic (exact) mass is 329 g/mol. The average Bonchev–Trinajstić information content (AvgIpc) is 3.20. The molecule has 0 saturated carbocycles. The minimum Gasteiger partial charge on any atom is -0.497 e. The molecule has 1 aromatic carbocycles. The van der Waals surface area contributed by atoms with Gasteiger partial charge in [-0.1, -0.05) is 5.16 Å². The Morgan fingerprint density at radius 3 is 2.67 bits per heavy atom. The first-order chi connectivity index (χ1) is 11.6. The summed E-state index contributed by atoms with van der Waals surface area (Å²) in [5.74, 6) is 2.09. The van der Waals surface area contributed by atoms with Gasteiger partial charge in [-0.15, -0.1) is 0 Å². The lowest BCUT2D eigenvalue weighted by Gasteiger charge is -1.99. The molecule has 0 aliphatic carbocycles. The molecule has 0 atom stereocenters. The van der Waals surface area contributed by atoms with Gasteiger partial charge in [-0.25, -0.2) is 0 Å². The third kappa shape index (κ3) is 3.24. The van der Waals surface area contributed by atoms with Gasteiger partial charge >= 0.3 is 5.82 Å². The summed E-state index contributed by atoms with van der Waals surface area (Å²) in [5.41, 5.74) is 0.820. The quantitative estimate of drug-likeness (QED) is 0.504. The van der Waals surface area contributed by atoms with Crippen molar-refractivity contribution in [3.05, 3.63) is 52.3 Å². The van der Waals surface area contributed by atoms with E-state index in [0.717, 1.165) is 11.3 Å². The predicted octanol–water partition coefficient (Wildman–Crippen LogP) is 2.40. The maximum atomic E-state index is 10.7. The van der Waals surface area contributed by atoms with E-state index in [2.05, 4.69) is 15.1 Å². The molecule has 9 heteroatoms. The summed E-state index contributed by atoms with van der Waals surface area (Å²) in [7, 11) is 1.60. The molecule has 0 unspecified atom stereocenters. The molecule has 0 aliphatic rings. The Morgan fingerprint density at radius 2 is 2.04 bits per heavy atom. The number of hydrogen-bond donors (Lipinski definition) is 0. The summed E-state index contributed by atoms with van der Waals surface area (Å²) in [4.78, 5) is 18.4. The van der Waals surface area contributed by atoms with Gasteiger partial charge < -0.3 is 23.9 Å². The largest absolute Gasteiger partial charge is 0.497 e. The topological polar surface area (TPSA) is 109 Å². The van der Waals surface area contributed by atoms with Gasteiger partial charge in [0.25, 0.3) is 0 Å². The minimum atomic E-state index is -0.516. The Bertz CT molecular complexity index is 853. The number of hydrogen-bond acceptors (Lipinski definition) is 7. The van der Waals surface area contributed by atoms with Crippen LogP contribution in [0.2, 0.25) is 0 Å². The standard InChI is InChI=1S/C15H15N5O4/c1-10-16-13(20(21)22)9-19(10)8-7-14-17-15(18-24-14)11-3-5-12(23-2)6-4-11/h3-6,9H,7-8H2,1-2H3. The summed E-state index contributed by atoms with van der Waals surface area (Å²) >= 11 is 0. The van der Waals surface area contributed by atoms with E-state index in [1.807, 2.05) is 24.3 Å². The number of aryl methyl sites for hydroxylation is 3. The third-order valence-corrected chi connectivity index (χ3v) is 3.53. The molecule has 0 amide bonds. The van der Waals surface area contributed by atoms with Crippen LogP contribution >= 0.6 is 0 Å². The van der Waals surface area contributed by atoms with Crippen molar-refractivity contribution in [2.45, 2.75) is 19.9 Å². The van der Waals surface area contributed by atoms with Crippen LogP contribution in [-0.2, 0) is 13.0 Å². The van der Waals surface area contributed by atoms with Crippen molar-refractivity contribution in [2.24, 2.45) is 0 Å². The van der Waals surface area contributed by atoms with E-state index in [4.69, 9.17) is 9.26 Å². The molecule has 0 aliphatic heterocycles. The summed E-state index contributed by atoms with van der Waals surface area (Å²) in [5, 5.41) is 14.7. The van der Waals surface area contributed by atoms with Crippen molar-refractivity contribution in [2.75, 3.05) is 7.11 Å². The molecular weight excluding hydrogens is 314 g/mol. The van der Waals surface area contributed by atoms with Gasteiger partial charge in [-0.2, -0.15) is 4.98 Å². The number of ether oxygens (including phenoxy) is 1.